The van der Waals surface area contributed by atoms with Gasteiger partial charge in [-0.05, 0) is 38.8 Å². The molecule has 0 spiro atoms. The molecule has 0 saturated heterocycles. The fraction of sp³-hybridized carbons (Fsp3) is 0.538. The number of nitrogens with two attached hydrogens (primary N) is 1. The van der Waals surface area contributed by atoms with Gasteiger partial charge in [0.1, 0.15) is 0 Å². The Morgan fingerprint density at radius 2 is 1.94 bits per heavy atom. The first-order valence-corrected chi connectivity index (χ1v) is 6.86. The minimum Gasteiger partial charge on any atom is -0.328 e. The molecule has 0 aliphatic heterocycles. The number of aryl methyl sites for hydroxylation is 2. The lowest BCUT2D eigenvalue weighted by atomic mass is 10.2. The molecule has 0 aromatic heterocycles. The quantitative estimate of drug-likeness (QED) is 0.877. The van der Waals surface area contributed by atoms with Gasteiger partial charge >= 0.3 is 0 Å². The van der Waals surface area contributed by atoms with Gasteiger partial charge in [0, 0.05) is 16.2 Å². The van der Waals surface area contributed by atoms with Gasteiger partial charge in [0.05, 0.1) is 10.8 Å². The van der Waals surface area contributed by atoms with Gasteiger partial charge in [0.15, 0.2) is 0 Å². The molecule has 0 heterocycles. The summed E-state index contributed by atoms with van der Waals surface area (Å²) in [6.07, 6.45) is 0.792. The molecule has 0 radical (unpaired) electrons. The third-order valence-corrected chi connectivity index (χ3v) is 4.43. The van der Waals surface area contributed by atoms with Crippen LogP contribution in [0.2, 0.25) is 0 Å². The summed E-state index contributed by atoms with van der Waals surface area (Å²) in [5.74, 6) is 0. The Kier molecular flexibility index (Phi) is 4.69. The average molecular weight is 239 g/mol. The molecule has 1 rings (SSSR count). The molecule has 0 aliphatic rings. The van der Waals surface area contributed by atoms with Crippen LogP contribution in [0.3, 0.4) is 0 Å². The smallest absolute Gasteiger partial charge is 0.0561 e. The molecule has 90 valence electrons. The van der Waals surface area contributed by atoms with Crippen LogP contribution in [0.15, 0.2) is 23.1 Å². The van der Waals surface area contributed by atoms with Crippen LogP contribution < -0.4 is 5.73 Å². The van der Waals surface area contributed by atoms with Gasteiger partial charge in [-0.2, -0.15) is 0 Å². The molecule has 2 N–H and O–H groups in total. The van der Waals surface area contributed by atoms with E-state index in [4.69, 9.17) is 5.73 Å². The van der Waals surface area contributed by atoms with Crippen molar-refractivity contribution in [1.29, 1.82) is 0 Å². The number of hydrogen-bond donors (Lipinski definition) is 1. The largest absolute Gasteiger partial charge is 0.328 e. The van der Waals surface area contributed by atoms with Crippen molar-refractivity contribution < 1.29 is 4.21 Å². The molecular formula is C13H21NOS. The van der Waals surface area contributed by atoms with Crippen molar-refractivity contribution in [3.8, 4) is 0 Å². The van der Waals surface area contributed by atoms with Crippen molar-refractivity contribution in [2.75, 3.05) is 0 Å². The van der Waals surface area contributed by atoms with Crippen molar-refractivity contribution in [2.24, 2.45) is 5.73 Å². The second-order valence-corrected chi connectivity index (χ2v) is 6.43. The van der Waals surface area contributed by atoms with E-state index in [9.17, 15) is 4.21 Å². The van der Waals surface area contributed by atoms with Crippen molar-refractivity contribution in [2.45, 2.75) is 50.3 Å². The van der Waals surface area contributed by atoms with Crippen LogP contribution in [-0.4, -0.2) is 15.5 Å². The molecule has 1 aromatic carbocycles. The highest BCUT2D eigenvalue weighted by Crippen LogP contribution is 2.19. The van der Waals surface area contributed by atoms with E-state index in [1.807, 2.05) is 39.8 Å². The van der Waals surface area contributed by atoms with Gasteiger partial charge in [0.2, 0.25) is 0 Å². The molecule has 3 atom stereocenters. The van der Waals surface area contributed by atoms with Crippen LogP contribution >= 0.6 is 0 Å². The van der Waals surface area contributed by atoms with Gasteiger partial charge in [-0.15, -0.1) is 0 Å². The summed E-state index contributed by atoms with van der Waals surface area (Å²) in [5.41, 5.74) is 8.05. The zero-order valence-corrected chi connectivity index (χ0v) is 11.3. The van der Waals surface area contributed by atoms with E-state index in [1.54, 1.807) is 0 Å². The van der Waals surface area contributed by atoms with E-state index in [0.717, 1.165) is 16.9 Å². The second kappa shape index (κ2) is 5.60. The van der Waals surface area contributed by atoms with Crippen LogP contribution in [0.4, 0.5) is 0 Å². The topological polar surface area (TPSA) is 43.1 Å². The lowest BCUT2D eigenvalue weighted by Gasteiger charge is -2.15. The number of rotatable bonds is 4. The fourth-order valence-electron chi connectivity index (χ4n) is 1.85. The summed E-state index contributed by atoms with van der Waals surface area (Å²) >= 11 is 0. The van der Waals surface area contributed by atoms with Gasteiger partial charge < -0.3 is 5.73 Å². The van der Waals surface area contributed by atoms with Gasteiger partial charge in [-0.3, -0.25) is 4.21 Å². The highest BCUT2D eigenvalue weighted by atomic mass is 32.2. The first-order valence-electron chi connectivity index (χ1n) is 5.65. The van der Waals surface area contributed by atoms with E-state index in [0.29, 0.717) is 0 Å². The Morgan fingerprint density at radius 3 is 2.44 bits per heavy atom. The SMILES string of the molecule is Cc1ccc(S(=O)C(C)CC(C)N)c(C)c1. The Labute approximate surface area is 101 Å². The lowest BCUT2D eigenvalue weighted by Crippen LogP contribution is -2.24. The van der Waals surface area contributed by atoms with Crippen LogP contribution in [0.25, 0.3) is 0 Å². The van der Waals surface area contributed by atoms with Crippen molar-refractivity contribution in [3.05, 3.63) is 29.3 Å². The molecule has 1 aromatic rings. The van der Waals surface area contributed by atoms with Crippen LogP contribution in [0, 0.1) is 13.8 Å². The van der Waals surface area contributed by atoms with Crippen LogP contribution in [0.1, 0.15) is 31.4 Å². The molecule has 16 heavy (non-hydrogen) atoms. The summed E-state index contributed by atoms with van der Waals surface area (Å²) in [6.45, 7) is 8.01. The molecule has 0 bridgehead atoms. The summed E-state index contributed by atoms with van der Waals surface area (Å²) < 4.78 is 12.3. The Bertz CT molecular complexity index is 388. The summed E-state index contributed by atoms with van der Waals surface area (Å²) in [6, 6.07) is 6.16. The number of hydrogen-bond acceptors (Lipinski definition) is 2. The van der Waals surface area contributed by atoms with Gasteiger partial charge in [0.25, 0.3) is 0 Å². The third-order valence-electron chi connectivity index (χ3n) is 2.62. The predicted molar refractivity (Wildman–Crippen MR) is 70.1 cm³/mol. The monoisotopic (exact) mass is 239 g/mol. The molecule has 0 amide bonds. The molecule has 2 nitrogen and oxygen atoms in total. The van der Waals surface area contributed by atoms with Crippen molar-refractivity contribution in [1.82, 2.24) is 0 Å². The molecule has 3 unspecified atom stereocenters. The minimum atomic E-state index is -0.949. The Morgan fingerprint density at radius 1 is 1.31 bits per heavy atom. The summed E-state index contributed by atoms with van der Waals surface area (Å²) in [5, 5.41) is 0.112. The molecule has 3 heteroatoms. The Balaban J connectivity index is 2.88. The van der Waals surface area contributed by atoms with E-state index in [2.05, 4.69) is 6.07 Å². The third kappa shape index (κ3) is 3.42. The maximum absolute atomic E-state index is 12.3. The highest BCUT2D eigenvalue weighted by molar-refractivity contribution is 7.85. The molecular weight excluding hydrogens is 218 g/mol. The van der Waals surface area contributed by atoms with Crippen molar-refractivity contribution >= 4 is 10.8 Å². The van der Waals surface area contributed by atoms with E-state index in [1.165, 1.54) is 5.56 Å². The summed E-state index contributed by atoms with van der Waals surface area (Å²) in [4.78, 5) is 0.943. The fourth-order valence-corrected chi connectivity index (χ4v) is 3.34. The first-order chi connectivity index (χ1) is 7.41. The lowest BCUT2D eigenvalue weighted by molar-refractivity contribution is 0.628. The van der Waals surface area contributed by atoms with Crippen LogP contribution in [0.5, 0.6) is 0 Å². The summed E-state index contributed by atoms with van der Waals surface area (Å²) in [7, 11) is -0.949. The van der Waals surface area contributed by atoms with Crippen molar-refractivity contribution in [3.63, 3.8) is 0 Å². The minimum absolute atomic E-state index is 0.102. The van der Waals surface area contributed by atoms with E-state index < -0.39 is 10.8 Å². The van der Waals surface area contributed by atoms with Crippen LogP contribution in [-0.2, 0) is 10.8 Å². The highest BCUT2D eigenvalue weighted by Gasteiger charge is 2.16. The molecule has 0 saturated carbocycles. The molecule has 0 aliphatic carbocycles. The van der Waals surface area contributed by atoms with Gasteiger partial charge in [-0.25, -0.2) is 0 Å². The second-order valence-electron chi connectivity index (χ2n) is 4.59. The maximum atomic E-state index is 12.3. The molecule has 0 fully saturated rings. The zero-order valence-electron chi connectivity index (χ0n) is 10.5. The van der Waals surface area contributed by atoms with E-state index >= 15 is 0 Å². The average Bonchev–Trinajstić information content (AvgIpc) is 2.15. The Hall–Kier alpha value is -0.670. The zero-order chi connectivity index (χ0) is 12.3. The van der Waals surface area contributed by atoms with Gasteiger partial charge in [-0.1, -0.05) is 24.6 Å². The number of benzene rings is 1. The maximum Gasteiger partial charge on any atom is 0.0561 e. The standard InChI is InChI=1S/C13H21NOS/c1-9-5-6-13(10(2)7-9)16(15)12(4)8-11(3)14/h5-7,11-12H,8,14H2,1-4H3. The van der Waals surface area contributed by atoms with E-state index in [-0.39, 0.29) is 11.3 Å². The normalized spacial score (nSPS) is 16.8. The predicted octanol–water partition coefficient (Wildman–Crippen LogP) is 2.54. The first kappa shape index (κ1) is 13.4.